The van der Waals surface area contributed by atoms with Crippen LogP contribution in [0.15, 0.2) is 6.33 Å². The lowest BCUT2D eigenvalue weighted by atomic mass is 10.1. The Balaban J connectivity index is 0.000000314. The number of carboxylic acid groups (broad SMARTS) is 1. The first kappa shape index (κ1) is 22.9. The molecule has 2 rings (SSSR count). The van der Waals surface area contributed by atoms with Gasteiger partial charge in [0, 0.05) is 0 Å². The van der Waals surface area contributed by atoms with Crippen molar-refractivity contribution in [3.8, 4) is 0 Å². The molecule has 0 radical (unpaired) electrons. The molecule has 0 aromatic carbocycles. The predicted molar refractivity (Wildman–Crippen MR) is 90.1 cm³/mol. The second kappa shape index (κ2) is 10.9. The highest BCUT2D eigenvalue weighted by Crippen LogP contribution is 2.28. The molecule has 1 saturated heterocycles. The van der Waals surface area contributed by atoms with Gasteiger partial charge in [-0.2, -0.15) is 0 Å². The molecule has 1 amide bonds. The van der Waals surface area contributed by atoms with E-state index in [-0.39, 0.29) is 5.82 Å². The first-order valence-corrected chi connectivity index (χ1v) is 8.24. The molecule has 2 heterocycles. The van der Waals surface area contributed by atoms with Crippen LogP contribution in [-0.4, -0.2) is 84.6 Å². The van der Waals surface area contributed by atoms with E-state index in [0.717, 1.165) is 23.9 Å². The van der Waals surface area contributed by atoms with Gasteiger partial charge in [-0.1, -0.05) is 6.42 Å². The van der Waals surface area contributed by atoms with Crippen LogP contribution >= 0.6 is 0 Å². The Kier molecular flexibility index (Phi) is 9.20. The molecule has 1 aliphatic heterocycles. The molecule has 0 bridgehead atoms. The highest BCUT2D eigenvalue weighted by atomic mass is 16.6. The summed E-state index contributed by atoms with van der Waals surface area (Å²) in [6, 6.07) is -0.716. The number of hydrogen-bond acceptors (Lipinski definition) is 10. The predicted octanol–water partition coefficient (Wildman–Crippen LogP) is -3.48. The Bertz CT molecular complexity index is 613. The fourth-order valence-electron chi connectivity index (χ4n) is 2.24. The highest BCUT2D eigenvalue weighted by molar-refractivity contribution is 5.88. The van der Waals surface area contributed by atoms with Crippen LogP contribution in [0, 0.1) is 0 Å². The zero-order valence-electron chi connectivity index (χ0n) is 14.6. The second-order valence-electron chi connectivity index (χ2n) is 5.87. The van der Waals surface area contributed by atoms with Gasteiger partial charge < -0.3 is 42.4 Å². The lowest BCUT2D eigenvalue weighted by molar-refractivity contribution is -0.138. The maximum atomic E-state index is 10.8. The summed E-state index contributed by atoms with van der Waals surface area (Å²) in [5.74, 6) is -1.96. The van der Waals surface area contributed by atoms with Crippen LogP contribution in [0.2, 0.25) is 0 Å². The molecule has 0 saturated carbocycles. The molecule has 13 heteroatoms. The van der Waals surface area contributed by atoms with Crippen LogP contribution < -0.4 is 17.2 Å². The number of aliphatic hydroxyl groups is 3. The number of carbonyl (C=O) groups is 2. The zero-order valence-corrected chi connectivity index (χ0v) is 14.6. The molecule has 10 N–H and O–H groups in total. The Morgan fingerprint density at radius 3 is 2.41 bits per heavy atom. The van der Waals surface area contributed by atoms with Crippen LogP contribution in [0.3, 0.4) is 0 Å². The monoisotopic (exact) mass is 390 g/mol. The highest BCUT2D eigenvalue weighted by Gasteiger charge is 2.44. The minimum atomic E-state index is -1.27. The summed E-state index contributed by atoms with van der Waals surface area (Å²) < 4.78 is 6.25. The van der Waals surface area contributed by atoms with Gasteiger partial charge in [-0.25, -0.2) is 9.67 Å². The van der Waals surface area contributed by atoms with Crippen molar-refractivity contribution in [2.75, 3.05) is 13.2 Å². The van der Waals surface area contributed by atoms with Crippen molar-refractivity contribution in [1.29, 1.82) is 0 Å². The Hall–Kier alpha value is -2.16. The van der Waals surface area contributed by atoms with E-state index in [1.54, 1.807) is 0 Å². The standard InChI is InChI=1S/C8H12N4O5.C6H14N2O2/c9-6(16)7-10-2-12(11-7)8-5(15)4(14)3(1-13)17-8;7-4-2-1-3-5(8)6(9)10/h2-5,8,13-15H,1H2,(H2,9,16);5H,1-4,7-8H2,(H,9,10)/t3-,4-,5-,8-;/m1./s1. The summed E-state index contributed by atoms with van der Waals surface area (Å²) in [7, 11) is 0. The topological polar surface area (TPSA) is 233 Å². The van der Waals surface area contributed by atoms with E-state index in [1.165, 1.54) is 0 Å². The minimum Gasteiger partial charge on any atom is -0.480 e. The van der Waals surface area contributed by atoms with Crippen LogP contribution in [-0.2, 0) is 9.53 Å². The van der Waals surface area contributed by atoms with Gasteiger partial charge in [0.15, 0.2) is 6.23 Å². The number of aliphatic hydroxyl groups excluding tert-OH is 3. The quantitative estimate of drug-likeness (QED) is 0.215. The average Bonchev–Trinajstić information content (AvgIpc) is 3.22. The lowest BCUT2D eigenvalue weighted by Gasteiger charge is -2.13. The van der Waals surface area contributed by atoms with E-state index < -0.39 is 49.1 Å². The Morgan fingerprint density at radius 1 is 1.30 bits per heavy atom. The van der Waals surface area contributed by atoms with Crippen molar-refractivity contribution < 1.29 is 34.8 Å². The second-order valence-corrected chi connectivity index (χ2v) is 5.87. The molecule has 1 aliphatic rings. The van der Waals surface area contributed by atoms with Crippen molar-refractivity contribution in [2.45, 2.75) is 49.8 Å². The fraction of sp³-hybridized carbons (Fsp3) is 0.714. The molecule has 5 atom stereocenters. The van der Waals surface area contributed by atoms with Gasteiger partial charge in [0.05, 0.1) is 6.61 Å². The summed E-state index contributed by atoms with van der Waals surface area (Å²) in [4.78, 5) is 24.5. The van der Waals surface area contributed by atoms with Gasteiger partial charge in [0.2, 0.25) is 5.82 Å². The molecule has 1 unspecified atom stereocenters. The van der Waals surface area contributed by atoms with E-state index in [1.807, 2.05) is 0 Å². The Morgan fingerprint density at radius 2 is 1.96 bits per heavy atom. The molecule has 154 valence electrons. The molecule has 13 nitrogen and oxygen atoms in total. The minimum absolute atomic E-state index is 0.220. The number of nitrogens with two attached hydrogens (primary N) is 3. The van der Waals surface area contributed by atoms with Gasteiger partial charge in [0.1, 0.15) is 30.7 Å². The summed E-state index contributed by atoms with van der Waals surface area (Å²) in [5.41, 5.74) is 15.4. The van der Waals surface area contributed by atoms with Crippen LogP contribution in [0.25, 0.3) is 0 Å². The third-order valence-corrected chi connectivity index (χ3v) is 3.79. The number of aliphatic carboxylic acids is 1. The van der Waals surface area contributed by atoms with E-state index >= 15 is 0 Å². The van der Waals surface area contributed by atoms with E-state index in [4.69, 9.17) is 32.2 Å². The summed E-state index contributed by atoms with van der Waals surface area (Å²) in [5, 5.41) is 40.1. The molecule has 1 aromatic rings. The fourth-order valence-corrected chi connectivity index (χ4v) is 2.24. The number of rotatable bonds is 8. The van der Waals surface area contributed by atoms with E-state index in [0.29, 0.717) is 13.0 Å². The van der Waals surface area contributed by atoms with Crippen molar-refractivity contribution in [1.82, 2.24) is 14.8 Å². The number of aromatic nitrogens is 3. The molecule has 27 heavy (non-hydrogen) atoms. The lowest BCUT2D eigenvalue weighted by Crippen LogP contribution is -2.33. The number of hydrogen-bond donors (Lipinski definition) is 7. The van der Waals surface area contributed by atoms with Gasteiger partial charge >= 0.3 is 5.97 Å². The number of primary amides is 1. The Labute approximate surface area is 154 Å². The van der Waals surface area contributed by atoms with E-state index in [2.05, 4.69) is 10.1 Å². The summed E-state index contributed by atoms with van der Waals surface area (Å²) in [6.07, 6.45) is -1.10. The SMILES string of the molecule is NC(=O)c1ncn([C@@H]2O[C@H](CO)[C@@H](O)[C@H]2O)n1.NCCCCC(N)C(=O)O. The van der Waals surface area contributed by atoms with Gasteiger partial charge in [0.25, 0.3) is 5.91 Å². The van der Waals surface area contributed by atoms with Crippen molar-refractivity contribution in [2.24, 2.45) is 17.2 Å². The number of ether oxygens (including phenoxy) is 1. The van der Waals surface area contributed by atoms with Crippen molar-refractivity contribution in [3.63, 3.8) is 0 Å². The molecule has 1 aromatic heterocycles. The number of unbranched alkanes of at least 4 members (excludes halogenated alkanes) is 1. The van der Waals surface area contributed by atoms with Crippen LogP contribution in [0.4, 0.5) is 0 Å². The summed E-state index contributed by atoms with van der Waals surface area (Å²) in [6.45, 7) is 0.165. The smallest absolute Gasteiger partial charge is 0.320 e. The average molecular weight is 390 g/mol. The van der Waals surface area contributed by atoms with Crippen LogP contribution in [0.1, 0.15) is 36.1 Å². The van der Waals surface area contributed by atoms with Gasteiger partial charge in [-0.05, 0) is 19.4 Å². The number of nitrogens with zero attached hydrogens (tertiary/aromatic N) is 3. The summed E-state index contributed by atoms with van der Waals surface area (Å²) >= 11 is 0. The normalized spacial score (nSPS) is 25.5. The molecule has 0 aliphatic carbocycles. The van der Waals surface area contributed by atoms with Crippen molar-refractivity contribution in [3.05, 3.63) is 12.2 Å². The first-order chi connectivity index (χ1) is 12.7. The maximum Gasteiger partial charge on any atom is 0.320 e. The van der Waals surface area contributed by atoms with Crippen molar-refractivity contribution >= 4 is 11.9 Å². The molecular formula is C14H26N6O7. The number of carboxylic acids is 1. The van der Waals surface area contributed by atoms with Crippen LogP contribution in [0.5, 0.6) is 0 Å². The zero-order chi connectivity index (χ0) is 20.6. The van der Waals surface area contributed by atoms with Gasteiger partial charge in [-0.3, -0.25) is 9.59 Å². The third kappa shape index (κ3) is 6.50. The van der Waals surface area contributed by atoms with E-state index in [9.17, 15) is 19.8 Å². The third-order valence-electron chi connectivity index (χ3n) is 3.79. The number of amides is 1. The molecule has 1 fully saturated rings. The maximum absolute atomic E-state index is 10.8. The van der Waals surface area contributed by atoms with Gasteiger partial charge in [-0.15, -0.1) is 5.10 Å². The largest absolute Gasteiger partial charge is 0.480 e. The molecule has 0 spiro atoms. The first-order valence-electron chi connectivity index (χ1n) is 8.24. The molecular weight excluding hydrogens is 364 g/mol. The number of carbonyl (C=O) groups excluding carboxylic acids is 1.